The summed E-state index contributed by atoms with van der Waals surface area (Å²) in [5.74, 6) is -0.131. The number of aromatic nitrogens is 3. The molecule has 2 heterocycles. The molecular weight excluding hydrogens is 397 g/mol. The zero-order chi connectivity index (χ0) is 22.0. The van der Waals surface area contributed by atoms with E-state index >= 15 is 0 Å². The van der Waals surface area contributed by atoms with Crippen LogP contribution in [0.5, 0.6) is 0 Å². The van der Waals surface area contributed by atoms with Crippen molar-refractivity contribution in [1.29, 1.82) is 0 Å². The van der Waals surface area contributed by atoms with Crippen molar-refractivity contribution in [2.24, 2.45) is 5.16 Å². The summed E-state index contributed by atoms with van der Waals surface area (Å²) in [6.07, 6.45) is 3.93. The molecule has 7 nitrogen and oxygen atoms in total. The number of nitrogens with two attached hydrogens (primary N) is 1. The van der Waals surface area contributed by atoms with Gasteiger partial charge in [0.25, 0.3) is 0 Å². The molecule has 2 aromatic heterocycles. The Balaban J connectivity index is 1.79. The van der Waals surface area contributed by atoms with Gasteiger partial charge in [0.2, 0.25) is 5.95 Å². The maximum absolute atomic E-state index is 14.1. The molecule has 1 unspecified atom stereocenters. The highest BCUT2D eigenvalue weighted by Gasteiger charge is 2.30. The van der Waals surface area contributed by atoms with Gasteiger partial charge in [0.1, 0.15) is 12.4 Å². The molecule has 0 saturated heterocycles. The predicted molar refractivity (Wildman–Crippen MR) is 116 cm³/mol. The Bertz CT molecular complexity index is 1120. The van der Waals surface area contributed by atoms with Gasteiger partial charge in [0.05, 0.1) is 23.2 Å². The van der Waals surface area contributed by atoms with Crippen LogP contribution in [0.4, 0.5) is 10.3 Å². The molecule has 8 heteroatoms. The summed E-state index contributed by atoms with van der Waals surface area (Å²) in [5.41, 5.74) is 11.5. The summed E-state index contributed by atoms with van der Waals surface area (Å²) >= 11 is 0. The SMILES string of the molecule is Cc1nc(N)nc2c1/C(=N/OCC(C)O)C[C@H](c1ccc(F)cc1-c1cccnc1)C2. The molecule has 0 bridgehead atoms. The number of nitrogen functional groups attached to an aromatic ring is 1. The number of fused-ring (bicyclic) bond motifs is 1. The molecule has 160 valence electrons. The first-order chi connectivity index (χ1) is 14.9. The summed E-state index contributed by atoms with van der Waals surface area (Å²) in [4.78, 5) is 18.3. The van der Waals surface area contributed by atoms with E-state index in [0.717, 1.165) is 33.6 Å². The molecule has 0 radical (unpaired) electrons. The van der Waals surface area contributed by atoms with E-state index in [4.69, 9.17) is 10.6 Å². The molecule has 2 atom stereocenters. The third-order valence-corrected chi connectivity index (χ3v) is 5.27. The fourth-order valence-corrected chi connectivity index (χ4v) is 4.00. The van der Waals surface area contributed by atoms with E-state index < -0.39 is 6.10 Å². The lowest BCUT2D eigenvalue weighted by molar-refractivity contribution is 0.0497. The Morgan fingerprint density at radius 1 is 1.29 bits per heavy atom. The number of halogens is 1. The Kier molecular flexibility index (Phi) is 5.90. The highest BCUT2D eigenvalue weighted by atomic mass is 19.1. The number of aliphatic hydroxyl groups excluding tert-OH is 1. The first-order valence-corrected chi connectivity index (χ1v) is 10.1. The standard InChI is InChI=1S/C23H24FN5O2/c1-13(30)12-31-29-21-9-16(8-20-22(21)14(2)27-23(25)28-20)18-6-5-17(24)10-19(18)15-4-3-7-26-11-15/h3-7,10-11,13,16,30H,8-9,12H2,1-2H3,(H2,25,27,28)/b29-21+/t13?,16-/m1/s1. The fraction of sp³-hybridized carbons (Fsp3) is 0.304. The summed E-state index contributed by atoms with van der Waals surface area (Å²) in [6, 6.07) is 8.54. The van der Waals surface area contributed by atoms with E-state index in [1.165, 1.54) is 12.1 Å². The minimum atomic E-state index is -0.638. The maximum atomic E-state index is 14.1. The van der Waals surface area contributed by atoms with Crippen molar-refractivity contribution < 1.29 is 14.3 Å². The lowest BCUT2D eigenvalue weighted by Crippen LogP contribution is -2.24. The van der Waals surface area contributed by atoms with Crippen LogP contribution in [0, 0.1) is 12.7 Å². The van der Waals surface area contributed by atoms with E-state index in [1.54, 1.807) is 25.4 Å². The topological polar surface area (TPSA) is 107 Å². The second kappa shape index (κ2) is 8.77. The van der Waals surface area contributed by atoms with Crippen molar-refractivity contribution in [3.63, 3.8) is 0 Å². The quantitative estimate of drug-likeness (QED) is 0.612. The van der Waals surface area contributed by atoms with Crippen molar-refractivity contribution in [2.75, 3.05) is 12.3 Å². The number of hydrogen-bond donors (Lipinski definition) is 2. The lowest BCUT2D eigenvalue weighted by Gasteiger charge is -2.28. The lowest BCUT2D eigenvalue weighted by atomic mass is 9.78. The van der Waals surface area contributed by atoms with Crippen LogP contribution in [0.3, 0.4) is 0 Å². The van der Waals surface area contributed by atoms with Gasteiger partial charge in [-0.15, -0.1) is 0 Å². The number of aliphatic hydroxyl groups is 1. The van der Waals surface area contributed by atoms with Crippen molar-refractivity contribution in [1.82, 2.24) is 15.0 Å². The van der Waals surface area contributed by atoms with E-state index in [1.807, 2.05) is 19.1 Å². The fourth-order valence-electron chi connectivity index (χ4n) is 4.00. The largest absolute Gasteiger partial charge is 0.393 e. The number of rotatable bonds is 5. The van der Waals surface area contributed by atoms with E-state index in [2.05, 4.69) is 20.1 Å². The van der Waals surface area contributed by atoms with Gasteiger partial charge in [-0.1, -0.05) is 17.3 Å². The van der Waals surface area contributed by atoms with E-state index in [9.17, 15) is 9.50 Å². The molecule has 0 amide bonds. The van der Waals surface area contributed by atoms with Gasteiger partial charge in [-0.2, -0.15) is 0 Å². The van der Waals surface area contributed by atoms with Gasteiger partial charge < -0.3 is 15.7 Å². The van der Waals surface area contributed by atoms with Crippen LogP contribution in [0.15, 0.2) is 47.9 Å². The third kappa shape index (κ3) is 4.54. The van der Waals surface area contributed by atoms with E-state index in [0.29, 0.717) is 18.6 Å². The molecule has 1 aliphatic carbocycles. The first kappa shape index (κ1) is 20.9. The van der Waals surface area contributed by atoms with Crippen LogP contribution in [-0.4, -0.2) is 38.5 Å². The first-order valence-electron chi connectivity index (χ1n) is 10.1. The summed E-state index contributed by atoms with van der Waals surface area (Å²) in [6.45, 7) is 3.57. The Morgan fingerprint density at radius 2 is 2.13 bits per heavy atom. The average Bonchev–Trinajstić information content (AvgIpc) is 2.73. The highest BCUT2D eigenvalue weighted by molar-refractivity contribution is 6.03. The van der Waals surface area contributed by atoms with Crippen LogP contribution in [0.2, 0.25) is 0 Å². The Hall–Kier alpha value is -3.39. The zero-order valence-corrected chi connectivity index (χ0v) is 17.4. The number of nitrogens with zero attached hydrogens (tertiary/aromatic N) is 4. The van der Waals surface area contributed by atoms with Crippen molar-refractivity contribution in [3.05, 3.63) is 71.1 Å². The van der Waals surface area contributed by atoms with Gasteiger partial charge >= 0.3 is 0 Å². The van der Waals surface area contributed by atoms with Gasteiger partial charge in [-0.3, -0.25) is 4.98 Å². The Labute approximate surface area is 179 Å². The number of aryl methyl sites for hydroxylation is 1. The van der Waals surface area contributed by atoms with Crippen LogP contribution in [0.1, 0.15) is 41.8 Å². The monoisotopic (exact) mass is 421 g/mol. The summed E-state index contributed by atoms with van der Waals surface area (Å²) in [7, 11) is 0. The van der Waals surface area contributed by atoms with Crippen molar-refractivity contribution in [2.45, 2.75) is 38.7 Å². The average molecular weight is 421 g/mol. The number of pyridine rings is 1. The molecule has 3 aromatic rings. The second-order valence-electron chi connectivity index (χ2n) is 7.75. The minimum Gasteiger partial charge on any atom is -0.393 e. The zero-order valence-electron chi connectivity index (χ0n) is 17.4. The molecule has 4 rings (SSSR count). The van der Waals surface area contributed by atoms with E-state index in [-0.39, 0.29) is 24.3 Å². The molecule has 0 spiro atoms. The number of oxime groups is 1. The normalized spacial score (nSPS) is 17.9. The van der Waals surface area contributed by atoms with Gasteiger partial charge in [0, 0.05) is 29.9 Å². The van der Waals surface area contributed by atoms with Crippen molar-refractivity contribution >= 4 is 11.7 Å². The van der Waals surface area contributed by atoms with Crippen LogP contribution >= 0.6 is 0 Å². The summed E-state index contributed by atoms with van der Waals surface area (Å²) < 4.78 is 14.1. The maximum Gasteiger partial charge on any atom is 0.220 e. The minimum absolute atomic E-state index is 0.0223. The number of anilines is 1. The molecule has 0 aliphatic heterocycles. The van der Waals surface area contributed by atoms with Crippen LogP contribution in [-0.2, 0) is 11.3 Å². The second-order valence-corrected chi connectivity index (χ2v) is 7.75. The third-order valence-electron chi connectivity index (χ3n) is 5.27. The molecule has 0 saturated carbocycles. The smallest absolute Gasteiger partial charge is 0.220 e. The summed E-state index contributed by atoms with van der Waals surface area (Å²) in [5, 5.41) is 13.8. The van der Waals surface area contributed by atoms with Gasteiger partial charge in [-0.25, -0.2) is 14.4 Å². The Morgan fingerprint density at radius 3 is 2.87 bits per heavy atom. The van der Waals surface area contributed by atoms with Crippen molar-refractivity contribution in [3.8, 4) is 11.1 Å². The molecule has 1 aromatic carbocycles. The van der Waals surface area contributed by atoms with Crippen LogP contribution < -0.4 is 5.73 Å². The molecule has 0 fully saturated rings. The number of benzene rings is 1. The van der Waals surface area contributed by atoms with Gasteiger partial charge in [0.15, 0.2) is 0 Å². The molecule has 1 aliphatic rings. The van der Waals surface area contributed by atoms with Gasteiger partial charge in [-0.05, 0) is 55.5 Å². The predicted octanol–water partition coefficient (Wildman–Crippen LogP) is 3.40. The molecule has 3 N–H and O–H groups in total. The molecular formula is C23H24FN5O2. The van der Waals surface area contributed by atoms with Crippen LogP contribution in [0.25, 0.3) is 11.1 Å². The highest BCUT2D eigenvalue weighted by Crippen LogP contribution is 2.38. The molecule has 31 heavy (non-hydrogen) atoms. The number of hydrogen-bond acceptors (Lipinski definition) is 7.